The van der Waals surface area contributed by atoms with Gasteiger partial charge in [0, 0.05) is 26.9 Å². The van der Waals surface area contributed by atoms with Crippen LogP contribution in [-0.2, 0) is 16.8 Å². The fourth-order valence-corrected chi connectivity index (χ4v) is 4.79. The quantitative estimate of drug-likeness (QED) is 0.216. The third-order valence-corrected chi connectivity index (χ3v) is 7.01. The Kier molecular flexibility index (Phi) is 7.29. The fraction of sp³-hybridized carbons (Fsp3) is 0.0833. The summed E-state index contributed by atoms with van der Waals surface area (Å²) in [5.74, 6) is -0.697. The minimum Gasteiger partial charge on any atom is -0.423 e. The molecule has 4 rings (SSSR count). The molecule has 4 N–H and O–H groups in total. The number of amides is 1. The largest absolute Gasteiger partial charge is 0.423 e. The summed E-state index contributed by atoms with van der Waals surface area (Å²) in [6.07, 6.45) is 1.45. The number of hydrogen-bond donors (Lipinski definition) is 3. The number of nitrogens with two attached hydrogens (primary N) is 1. The molecule has 0 spiro atoms. The number of alkyl halides is 2. The second-order valence-electron chi connectivity index (χ2n) is 7.91. The first-order chi connectivity index (χ1) is 17.4. The van der Waals surface area contributed by atoms with Crippen molar-refractivity contribution in [1.82, 2.24) is 4.98 Å². The van der Waals surface area contributed by atoms with Gasteiger partial charge in [0.05, 0.1) is 12.7 Å². The van der Waals surface area contributed by atoms with Crippen LogP contribution in [0.2, 0.25) is 0 Å². The zero-order valence-corrected chi connectivity index (χ0v) is 21.2. The maximum Gasteiger partial charge on any atom is 0.399 e. The molecule has 0 aliphatic carbocycles. The molecule has 37 heavy (non-hydrogen) atoms. The second kappa shape index (κ2) is 10.1. The van der Waals surface area contributed by atoms with Crippen molar-refractivity contribution in [2.75, 3.05) is 4.90 Å². The van der Waals surface area contributed by atoms with Crippen molar-refractivity contribution in [2.24, 2.45) is 5.73 Å². The topological polar surface area (TPSA) is 130 Å². The number of carbonyl (C=O) groups is 1. The lowest BCUT2D eigenvalue weighted by atomic mass is 10.1. The fourth-order valence-electron chi connectivity index (χ4n) is 3.45. The SMILES string of the molecule is NC(=O)c1ccc(-c2cnc(N(Cc3ccc(C(F)(F)P(=O)(O)O)c(Br)c3)c3ccc(F)cc3)o2)cc1. The highest BCUT2D eigenvalue weighted by Gasteiger charge is 2.51. The van der Waals surface area contributed by atoms with Gasteiger partial charge in [-0.25, -0.2) is 9.37 Å². The number of carbonyl (C=O) groups excluding carboxylic acids is 1. The minimum atomic E-state index is -5.76. The molecule has 0 radical (unpaired) electrons. The molecule has 0 bridgehead atoms. The van der Waals surface area contributed by atoms with Crippen LogP contribution in [0.5, 0.6) is 0 Å². The summed E-state index contributed by atoms with van der Waals surface area (Å²) < 4.78 is 59.0. The van der Waals surface area contributed by atoms with Crippen molar-refractivity contribution >= 4 is 41.1 Å². The lowest BCUT2D eigenvalue weighted by Crippen LogP contribution is -2.18. The highest BCUT2D eigenvalue weighted by atomic mass is 79.9. The number of halogens is 4. The van der Waals surface area contributed by atoms with Crippen LogP contribution in [0.4, 0.5) is 24.9 Å². The number of benzene rings is 3. The summed E-state index contributed by atoms with van der Waals surface area (Å²) in [6.45, 7) is 0.0204. The van der Waals surface area contributed by atoms with Crippen molar-refractivity contribution in [3.63, 3.8) is 0 Å². The first kappa shape index (κ1) is 26.6. The van der Waals surface area contributed by atoms with Gasteiger partial charge in [-0.3, -0.25) is 14.3 Å². The van der Waals surface area contributed by atoms with Crippen LogP contribution in [0.1, 0.15) is 21.5 Å². The van der Waals surface area contributed by atoms with E-state index in [-0.39, 0.29) is 17.0 Å². The zero-order valence-electron chi connectivity index (χ0n) is 18.7. The third kappa shape index (κ3) is 5.62. The molecule has 0 atom stereocenters. The second-order valence-corrected chi connectivity index (χ2v) is 10.4. The first-order valence-corrected chi connectivity index (χ1v) is 12.9. The van der Waals surface area contributed by atoms with Crippen molar-refractivity contribution < 1.29 is 36.7 Å². The molecule has 0 aliphatic rings. The van der Waals surface area contributed by atoms with E-state index in [2.05, 4.69) is 20.9 Å². The minimum absolute atomic E-state index is 0.0204. The summed E-state index contributed by atoms with van der Waals surface area (Å²) in [5, 5.41) is 0. The van der Waals surface area contributed by atoms with Crippen LogP contribution < -0.4 is 10.6 Å². The van der Waals surface area contributed by atoms with Crippen LogP contribution in [0.15, 0.2) is 81.8 Å². The predicted octanol–water partition coefficient (Wildman–Crippen LogP) is 5.91. The lowest BCUT2D eigenvalue weighted by molar-refractivity contribution is 0.0557. The van der Waals surface area contributed by atoms with E-state index in [1.54, 1.807) is 17.0 Å². The van der Waals surface area contributed by atoms with Gasteiger partial charge in [-0.05, 0) is 48.0 Å². The Morgan fingerprint density at radius 1 is 1.08 bits per heavy atom. The molecule has 3 aromatic carbocycles. The molecule has 1 amide bonds. The third-order valence-electron chi connectivity index (χ3n) is 5.38. The number of primary amides is 1. The molecule has 1 aromatic heterocycles. The standard InChI is InChI=1S/C24H18BrF3N3O5P/c25-20-11-14(1-10-19(20)24(27,28)37(33,34)35)13-31(18-8-6-17(26)7-9-18)23-30-12-21(36-23)15-2-4-16(5-3-15)22(29)32/h1-12H,13H2,(H2,29,32)(H2,33,34,35). The Morgan fingerprint density at radius 3 is 2.30 bits per heavy atom. The normalized spacial score (nSPS) is 11.9. The van der Waals surface area contributed by atoms with E-state index in [0.717, 1.165) is 6.07 Å². The van der Waals surface area contributed by atoms with Gasteiger partial charge in [0.15, 0.2) is 5.76 Å². The molecule has 8 nitrogen and oxygen atoms in total. The summed E-state index contributed by atoms with van der Waals surface area (Å²) in [4.78, 5) is 35.3. The van der Waals surface area contributed by atoms with E-state index in [9.17, 15) is 22.5 Å². The Balaban J connectivity index is 1.69. The molecule has 0 fully saturated rings. The Morgan fingerprint density at radius 2 is 1.73 bits per heavy atom. The van der Waals surface area contributed by atoms with Gasteiger partial charge in [0.25, 0.3) is 0 Å². The van der Waals surface area contributed by atoms with Crippen molar-refractivity contribution in [3.05, 3.63) is 99.9 Å². The van der Waals surface area contributed by atoms with Gasteiger partial charge in [-0.2, -0.15) is 8.78 Å². The van der Waals surface area contributed by atoms with E-state index in [1.807, 2.05) is 0 Å². The molecule has 13 heteroatoms. The number of anilines is 2. The van der Waals surface area contributed by atoms with Crippen molar-refractivity contribution in [3.8, 4) is 11.3 Å². The van der Waals surface area contributed by atoms with Gasteiger partial charge in [0.1, 0.15) is 5.82 Å². The summed E-state index contributed by atoms with van der Waals surface area (Å²) >= 11 is 2.97. The Labute approximate surface area is 216 Å². The molecule has 0 unspecified atom stereocenters. The molecule has 192 valence electrons. The lowest BCUT2D eigenvalue weighted by Gasteiger charge is -2.23. The molecule has 4 aromatic rings. The highest BCUT2D eigenvalue weighted by molar-refractivity contribution is 9.10. The Hall–Kier alpha value is -3.44. The van der Waals surface area contributed by atoms with Crippen molar-refractivity contribution in [2.45, 2.75) is 12.2 Å². The van der Waals surface area contributed by atoms with Crippen LogP contribution in [0, 0.1) is 5.82 Å². The number of rotatable bonds is 8. The number of nitrogens with zero attached hydrogens (tertiary/aromatic N) is 2. The van der Waals surface area contributed by atoms with E-state index < -0.39 is 30.5 Å². The number of oxazole rings is 1. The maximum atomic E-state index is 14.2. The summed E-state index contributed by atoms with van der Waals surface area (Å²) in [7, 11) is -5.76. The van der Waals surface area contributed by atoms with Crippen molar-refractivity contribution in [1.29, 1.82) is 0 Å². The number of aromatic nitrogens is 1. The van der Waals surface area contributed by atoms with E-state index in [0.29, 0.717) is 28.1 Å². The van der Waals surface area contributed by atoms with Gasteiger partial charge in [-0.1, -0.05) is 40.2 Å². The molecule has 0 saturated heterocycles. The molecule has 0 saturated carbocycles. The van der Waals surface area contributed by atoms with Gasteiger partial charge in [-0.15, -0.1) is 0 Å². The van der Waals surface area contributed by atoms with Gasteiger partial charge < -0.3 is 19.9 Å². The monoisotopic (exact) mass is 595 g/mol. The van der Waals surface area contributed by atoms with Crippen LogP contribution >= 0.6 is 23.5 Å². The molecular weight excluding hydrogens is 578 g/mol. The molecule has 0 aliphatic heterocycles. The van der Waals surface area contributed by atoms with E-state index in [4.69, 9.17) is 19.9 Å². The van der Waals surface area contributed by atoms with E-state index in [1.165, 1.54) is 54.7 Å². The zero-order chi connectivity index (χ0) is 27.0. The summed E-state index contributed by atoms with van der Waals surface area (Å²) in [6, 6.07) is 15.3. The molecule has 1 heterocycles. The Bertz CT molecular complexity index is 1490. The van der Waals surface area contributed by atoms with Crippen LogP contribution in [-0.4, -0.2) is 20.7 Å². The van der Waals surface area contributed by atoms with Crippen LogP contribution in [0.3, 0.4) is 0 Å². The van der Waals surface area contributed by atoms with Crippen LogP contribution in [0.25, 0.3) is 11.3 Å². The van der Waals surface area contributed by atoms with Gasteiger partial charge >= 0.3 is 19.3 Å². The molecular formula is C24H18BrF3N3O5P. The van der Waals surface area contributed by atoms with E-state index >= 15 is 0 Å². The van der Waals surface area contributed by atoms with Gasteiger partial charge in [0.2, 0.25) is 5.91 Å². The average molecular weight is 596 g/mol. The summed E-state index contributed by atoms with van der Waals surface area (Å²) in [5.41, 5.74) is 1.86. The smallest absolute Gasteiger partial charge is 0.399 e. The first-order valence-electron chi connectivity index (χ1n) is 10.5. The maximum absolute atomic E-state index is 14.2. The number of hydrogen-bond acceptors (Lipinski definition) is 5. The average Bonchev–Trinajstić information content (AvgIpc) is 3.32. The predicted molar refractivity (Wildman–Crippen MR) is 133 cm³/mol. The highest BCUT2D eigenvalue weighted by Crippen LogP contribution is 2.60.